The van der Waals surface area contributed by atoms with Gasteiger partial charge in [0.15, 0.2) is 0 Å². The summed E-state index contributed by atoms with van der Waals surface area (Å²) < 4.78 is 5.85. The molecule has 0 amide bonds. The summed E-state index contributed by atoms with van der Waals surface area (Å²) in [6.07, 6.45) is 1.18. The highest BCUT2D eigenvalue weighted by molar-refractivity contribution is 5.63. The first-order chi connectivity index (χ1) is 10.3. The molecule has 0 aromatic heterocycles. The third-order valence-electron chi connectivity index (χ3n) is 3.42. The molecule has 0 saturated heterocycles. The van der Waals surface area contributed by atoms with Crippen molar-refractivity contribution in [2.75, 3.05) is 19.7 Å². The second kappa shape index (κ2) is 8.48. The largest absolute Gasteiger partial charge is 0.493 e. The molecule has 1 N–H and O–H groups in total. The number of rotatable bonds is 8. The van der Waals surface area contributed by atoms with Gasteiger partial charge < -0.3 is 10.1 Å². The minimum atomic E-state index is 0.519. The van der Waals surface area contributed by atoms with Crippen molar-refractivity contribution in [2.45, 2.75) is 20.3 Å². The molecule has 1 unspecified atom stereocenters. The Morgan fingerprint density at radius 1 is 0.952 bits per heavy atom. The van der Waals surface area contributed by atoms with Crippen LogP contribution in [-0.4, -0.2) is 19.7 Å². The highest BCUT2D eigenvalue weighted by Crippen LogP contribution is 2.22. The van der Waals surface area contributed by atoms with Crippen molar-refractivity contribution < 1.29 is 4.74 Å². The van der Waals surface area contributed by atoms with Crippen LogP contribution in [0, 0.1) is 5.92 Å². The molecule has 2 aromatic carbocycles. The lowest BCUT2D eigenvalue weighted by Gasteiger charge is -2.14. The van der Waals surface area contributed by atoms with Gasteiger partial charge in [-0.05, 0) is 36.2 Å². The molecule has 0 aliphatic carbocycles. The lowest BCUT2D eigenvalue weighted by atomic mass is 10.1. The second-order valence-corrected chi connectivity index (χ2v) is 5.51. The van der Waals surface area contributed by atoms with Gasteiger partial charge in [0.1, 0.15) is 5.75 Å². The van der Waals surface area contributed by atoms with Crippen LogP contribution in [0.15, 0.2) is 54.6 Å². The molecule has 2 heteroatoms. The number of nitrogens with one attached hydrogen (secondary N) is 1. The van der Waals surface area contributed by atoms with E-state index in [1.54, 1.807) is 0 Å². The summed E-state index contributed by atoms with van der Waals surface area (Å²) in [6.45, 7) is 7.23. The molecule has 112 valence electrons. The average Bonchev–Trinajstić information content (AvgIpc) is 2.54. The Labute approximate surface area is 128 Å². The van der Waals surface area contributed by atoms with Crippen LogP contribution in [-0.2, 0) is 0 Å². The van der Waals surface area contributed by atoms with E-state index in [1.165, 1.54) is 17.5 Å². The minimum Gasteiger partial charge on any atom is -0.493 e. The van der Waals surface area contributed by atoms with Crippen molar-refractivity contribution in [3.63, 3.8) is 0 Å². The predicted molar refractivity (Wildman–Crippen MR) is 89.7 cm³/mol. The average molecular weight is 283 g/mol. The molecular weight excluding hydrogens is 258 g/mol. The first-order valence-electron chi connectivity index (χ1n) is 7.78. The molecule has 2 aromatic rings. The third-order valence-corrected chi connectivity index (χ3v) is 3.42. The summed E-state index contributed by atoms with van der Waals surface area (Å²) in [5, 5.41) is 3.42. The van der Waals surface area contributed by atoms with Crippen molar-refractivity contribution >= 4 is 0 Å². The highest BCUT2D eigenvalue weighted by Gasteiger charge is 2.03. The van der Waals surface area contributed by atoms with Gasteiger partial charge in [-0.1, -0.05) is 56.3 Å². The minimum absolute atomic E-state index is 0.519. The highest BCUT2D eigenvalue weighted by atomic mass is 16.5. The van der Waals surface area contributed by atoms with Gasteiger partial charge in [-0.3, -0.25) is 0 Å². The number of benzene rings is 2. The topological polar surface area (TPSA) is 21.3 Å². The maximum Gasteiger partial charge on any atom is 0.119 e. The van der Waals surface area contributed by atoms with Gasteiger partial charge in [0.2, 0.25) is 0 Å². The number of hydrogen-bond acceptors (Lipinski definition) is 2. The fourth-order valence-electron chi connectivity index (χ4n) is 2.20. The Hall–Kier alpha value is -1.80. The summed E-state index contributed by atoms with van der Waals surface area (Å²) >= 11 is 0. The first kappa shape index (κ1) is 15.6. The molecule has 0 aliphatic rings. The van der Waals surface area contributed by atoms with Crippen LogP contribution >= 0.6 is 0 Å². The molecule has 0 heterocycles. The molecule has 2 rings (SSSR count). The van der Waals surface area contributed by atoms with Crippen LogP contribution in [0.2, 0.25) is 0 Å². The maximum atomic E-state index is 5.85. The van der Waals surface area contributed by atoms with Gasteiger partial charge in [0.25, 0.3) is 0 Å². The van der Waals surface area contributed by atoms with E-state index >= 15 is 0 Å². The van der Waals surface area contributed by atoms with E-state index in [0.717, 1.165) is 25.4 Å². The van der Waals surface area contributed by atoms with E-state index in [2.05, 4.69) is 67.7 Å². The molecule has 0 bridgehead atoms. The molecule has 0 saturated carbocycles. The lowest BCUT2D eigenvalue weighted by molar-refractivity contribution is 0.256. The Balaban J connectivity index is 1.83. The Morgan fingerprint density at radius 3 is 2.29 bits per heavy atom. The van der Waals surface area contributed by atoms with Crippen molar-refractivity contribution in [3.8, 4) is 16.9 Å². The van der Waals surface area contributed by atoms with E-state index < -0.39 is 0 Å². The van der Waals surface area contributed by atoms with Gasteiger partial charge in [0.05, 0.1) is 6.61 Å². The zero-order valence-electron chi connectivity index (χ0n) is 13.0. The monoisotopic (exact) mass is 283 g/mol. The van der Waals surface area contributed by atoms with Crippen molar-refractivity contribution in [2.24, 2.45) is 5.92 Å². The second-order valence-electron chi connectivity index (χ2n) is 5.51. The summed E-state index contributed by atoms with van der Waals surface area (Å²) in [5.41, 5.74) is 2.46. The standard InChI is InChI=1S/C19H25NO/c1-3-13-20-14-16(2)15-21-19-11-9-18(10-12-19)17-7-5-4-6-8-17/h4-12,16,20H,3,13-15H2,1-2H3. The lowest BCUT2D eigenvalue weighted by Crippen LogP contribution is -2.25. The molecule has 0 radical (unpaired) electrons. The molecule has 1 atom stereocenters. The van der Waals surface area contributed by atoms with Gasteiger partial charge >= 0.3 is 0 Å². The van der Waals surface area contributed by atoms with Crippen LogP contribution in [0.5, 0.6) is 5.75 Å². The quantitative estimate of drug-likeness (QED) is 0.726. The van der Waals surface area contributed by atoms with Crippen LogP contribution < -0.4 is 10.1 Å². The van der Waals surface area contributed by atoms with E-state index in [0.29, 0.717) is 5.92 Å². The molecule has 0 spiro atoms. The van der Waals surface area contributed by atoms with Crippen LogP contribution in [0.3, 0.4) is 0 Å². The van der Waals surface area contributed by atoms with E-state index in [4.69, 9.17) is 4.74 Å². The molecule has 0 aliphatic heterocycles. The summed E-state index contributed by atoms with van der Waals surface area (Å²) in [7, 11) is 0. The van der Waals surface area contributed by atoms with Gasteiger partial charge in [-0.2, -0.15) is 0 Å². The van der Waals surface area contributed by atoms with Crippen molar-refractivity contribution in [1.82, 2.24) is 5.32 Å². The van der Waals surface area contributed by atoms with E-state index in [-0.39, 0.29) is 0 Å². The predicted octanol–water partition coefficient (Wildman–Crippen LogP) is 4.37. The fraction of sp³-hybridized carbons (Fsp3) is 0.368. The van der Waals surface area contributed by atoms with Gasteiger partial charge in [0, 0.05) is 12.5 Å². The van der Waals surface area contributed by atoms with Crippen molar-refractivity contribution in [1.29, 1.82) is 0 Å². The van der Waals surface area contributed by atoms with E-state index in [9.17, 15) is 0 Å². The van der Waals surface area contributed by atoms with Gasteiger partial charge in [-0.25, -0.2) is 0 Å². The van der Waals surface area contributed by atoms with Crippen molar-refractivity contribution in [3.05, 3.63) is 54.6 Å². The summed E-state index contributed by atoms with van der Waals surface area (Å²) in [4.78, 5) is 0. The SMILES string of the molecule is CCCNCC(C)COc1ccc(-c2ccccc2)cc1. The zero-order chi connectivity index (χ0) is 14.9. The molecule has 21 heavy (non-hydrogen) atoms. The third kappa shape index (κ3) is 5.24. The summed E-state index contributed by atoms with van der Waals surface area (Å²) in [6, 6.07) is 18.7. The Bertz CT molecular complexity index is 507. The van der Waals surface area contributed by atoms with E-state index in [1.807, 2.05) is 6.07 Å². The smallest absolute Gasteiger partial charge is 0.119 e. The zero-order valence-corrected chi connectivity index (χ0v) is 13.0. The summed E-state index contributed by atoms with van der Waals surface area (Å²) in [5.74, 6) is 1.46. The maximum absolute atomic E-state index is 5.85. The number of hydrogen-bond donors (Lipinski definition) is 1. The Kier molecular flexibility index (Phi) is 6.29. The van der Waals surface area contributed by atoms with Crippen LogP contribution in [0.4, 0.5) is 0 Å². The first-order valence-corrected chi connectivity index (χ1v) is 7.78. The molecular formula is C19H25NO. The van der Waals surface area contributed by atoms with Crippen LogP contribution in [0.1, 0.15) is 20.3 Å². The fourth-order valence-corrected chi connectivity index (χ4v) is 2.20. The Morgan fingerprint density at radius 2 is 1.62 bits per heavy atom. The number of ether oxygens (including phenoxy) is 1. The molecule has 0 fully saturated rings. The van der Waals surface area contributed by atoms with Gasteiger partial charge in [-0.15, -0.1) is 0 Å². The normalized spacial score (nSPS) is 12.1. The molecule has 2 nitrogen and oxygen atoms in total. The van der Waals surface area contributed by atoms with Crippen LogP contribution in [0.25, 0.3) is 11.1 Å².